The van der Waals surface area contributed by atoms with Crippen LogP contribution in [-0.2, 0) is 19.2 Å². The highest BCUT2D eigenvalue weighted by atomic mass is 17.3. The molecule has 4 nitrogen and oxygen atoms in total. The lowest BCUT2D eigenvalue weighted by Gasteiger charge is -2.50. The van der Waals surface area contributed by atoms with Crippen LogP contribution in [0.4, 0.5) is 0 Å². The van der Waals surface area contributed by atoms with Crippen LogP contribution in [0.15, 0.2) is 0 Å². The summed E-state index contributed by atoms with van der Waals surface area (Å²) in [5, 5.41) is 0. The van der Waals surface area contributed by atoms with E-state index in [9.17, 15) is 0 Å². The van der Waals surface area contributed by atoms with E-state index in [1.54, 1.807) is 0 Å². The highest BCUT2D eigenvalue weighted by Gasteiger charge is 2.70. The molecule has 0 radical (unpaired) electrons. The van der Waals surface area contributed by atoms with Crippen LogP contribution >= 0.6 is 0 Å². The van der Waals surface area contributed by atoms with E-state index in [0.717, 1.165) is 19.3 Å². The van der Waals surface area contributed by atoms with Gasteiger partial charge in [0.05, 0.1) is 6.10 Å². The Balaban J connectivity index is 1.82. The van der Waals surface area contributed by atoms with Crippen LogP contribution in [-0.4, -0.2) is 23.8 Å². The Morgan fingerprint density at radius 2 is 1.83 bits per heavy atom. The Morgan fingerprint density at radius 3 is 2.67 bits per heavy atom. The lowest BCUT2D eigenvalue weighted by Crippen LogP contribution is -2.61. The second kappa shape index (κ2) is 3.48. The summed E-state index contributed by atoms with van der Waals surface area (Å²) in [7, 11) is 0. The van der Waals surface area contributed by atoms with Crippen molar-refractivity contribution in [3.63, 3.8) is 0 Å². The van der Waals surface area contributed by atoms with E-state index >= 15 is 0 Å². The first kappa shape index (κ1) is 11.6. The van der Waals surface area contributed by atoms with E-state index in [2.05, 4.69) is 13.8 Å². The molecular weight excluding hydrogens is 232 g/mol. The summed E-state index contributed by atoms with van der Waals surface area (Å²) in [5.41, 5.74) is -0.354. The molecule has 4 saturated heterocycles. The fourth-order valence-electron chi connectivity index (χ4n) is 4.65. The van der Waals surface area contributed by atoms with Gasteiger partial charge < -0.3 is 9.47 Å². The predicted molar refractivity (Wildman–Crippen MR) is 63.3 cm³/mol. The van der Waals surface area contributed by atoms with Crippen molar-refractivity contribution in [2.75, 3.05) is 0 Å². The predicted octanol–water partition coefficient (Wildman–Crippen LogP) is 2.62. The zero-order valence-corrected chi connectivity index (χ0v) is 11.3. The zero-order chi connectivity index (χ0) is 12.5. The minimum Gasteiger partial charge on any atom is -0.346 e. The van der Waals surface area contributed by atoms with Crippen molar-refractivity contribution < 1.29 is 19.2 Å². The first-order valence-corrected chi connectivity index (χ1v) is 7.25. The molecule has 5 rings (SSSR count). The quantitative estimate of drug-likeness (QED) is 0.623. The highest BCUT2D eigenvalue weighted by molar-refractivity contribution is 5.10. The van der Waals surface area contributed by atoms with Gasteiger partial charge in [0.25, 0.3) is 0 Å². The largest absolute Gasteiger partial charge is 0.346 e. The molecule has 0 unspecified atom stereocenters. The molecule has 0 aromatic carbocycles. The van der Waals surface area contributed by atoms with Crippen LogP contribution in [0.5, 0.6) is 0 Å². The lowest BCUT2D eigenvalue weighted by molar-refractivity contribution is -0.541. The maximum Gasteiger partial charge on any atom is 0.201 e. The normalized spacial score (nSPS) is 62.5. The van der Waals surface area contributed by atoms with Gasteiger partial charge in [0.1, 0.15) is 0 Å². The third-order valence-electron chi connectivity index (χ3n) is 5.68. The van der Waals surface area contributed by atoms with Gasteiger partial charge in [0, 0.05) is 12.3 Å². The molecule has 102 valence electrons. The molecule has 7 atom stereocenters. The zero-order valence-electron chi connectivity index (χ0n) is 11.3. The molecular formula is C14H22O4. The Hall–Kier alpha value is -0.160. The van der Waals surface area contributed by atoms with Crippen molar-refractivity contribution in [2.45, 2.75) is 70.2 Å². The van der Waals surface area contributed by atoms with Gasteiger partial charge in [-0.05, 0) is 44.9 Å². The van der Waals surface area contributed by atoms with Crippen LogP contribution in [0, 0.1) is 17.8 Å². The summed E-state index contributed by atoms with van der Waals surface area (Å²) in [4.78, 5) is 11.6. The first-order valence-electron chi connectivity index (χ1n) is 7.25. The lowest BCUT2D eigenvalue weighted by atomic mass is 9.62. The molecule has 4 heterocycles. The maximum absolute atomic E-state index is 6.10. The van der Waals surface area contributed by atoms with Gasteiger partial charge in [0.15, 0.2) is 11.9 Å². The van der Waals surface area contributed by atoms with Crippen molar-refractivity contribution in [2.24, 2.45) is 17.8 Å². The molecule has 18 heavy (non-hydrogen) atoms. The van der Waals surface area contributed by atoms with E-state index in [1.807, 2.05) is 6.92 Å². The van der Waals surface area contributed by atoms with E-state index in [-0.39, 0.29) is 18.0 Å². The molecule has 2 bridgehead atoms. The van der Waals surface area contributed by atoms with E-state index in [4.69, 9.17) is 19.2 Å². The van der Waals surface area contributed by atoms with Crippen LogP contribution < -0.4 is 0 Å². The SMILES string of the molecule is C[C@@H]1CC[C@H]2[C@@H](C)O[C@@H]3O[C@@]4(C)CC[C@@H]1[C@]32OO4. The fourth-order valence-corrected chi connectivity index (χ4v) is 4.65. The molecule has 1 aliphatic carbocycles. The second-order valence-electron chi connectivity index (χ2n) is 6.75. The maximum atomic E-state index is 6.10. The number of ether oxygens (including phenoxy) is 2. The average Bonchev–Trinajstić information content (AvgIpc) is 2.45. The van der Waals surface area contributed by atoms with Gasteiger partial charge in [0.2, 0.25) is 5.79 Å². The molecule has 0 aromatic heterocycles. The number of fused-ring (bicyclic) bond motifs is 2. The molecule has 5 fully saturated rings. The van der Waals surface area contributed by atoms with Crippen molar-refractivity contribution in [1.82, 2.24) is 0 Å². The molecule has 1 spiro atoms. The Kier molecular flexibility index (Phi) is 2.25. The van der Waals surface area contributed by atoms with Gasteiger partial charge in [-0.25, -0.2) is 9.78 Å². The van der Waals surface area contributed by atoms with Crippen LogP contribution in [0.1, 0.15) is 46.5 Å². The Labute approximate surface area is 108 Å². The molecule has 5 aliphatic rings. The Morgan fingerprint density at radius 1 is 1.00 bits per heavy atom. The summed E-state index contributed by atoms with van der Waals surface area (Å²) in [6.07, 6.45) is 4.38. The van der Waals surface area contributed by atoms with E-state index in [0.29, 0.717) is 17.8 Å². The standard InChI is InChI=1S/C14H22O4/c1-8-4-5-11-9(2)15-12-14(11)10(8)6-7-13(3,16-12)17-18-14/h8-12H,4-7H2,1-3H3/t8-,9-,10+,11+,12-,13-,14-/m1/s1. The second-order valence-corrected chi connectivity index (χ2v) is 6.75. The van der Waals surface area contributed by atoms with Gasteiger partial charge in [-0.2, -0.15) is 0 Å². The minimum absolute atomic E-state index is 0.203. The number of hydrogen-bond acceptors (Lipinski definition) is 4. The number of rotatable bonds is 0. The summed E-state index contributed by atoms with van der Waals surface area (Å²) < 4.78 is 12.2. The van der Waals surface area contributed by atoms with Crippen LogP contribution in [0.3, 0.4) is 0 Å². The molecule has 0 amide bonds. The molecule has 0 N–H and O–H groups in total. The van der Waals surface area contributed by atoms with E-state index < -0.39 is 5.79 Å². The summed E-state index contributed by atoms with van der Waals surface area (Å²) in [6, 6.07) is 0. The molecule has 0 aromatic rings. The summed E-state index contributed by atoms with van der Waals surface area (Å²) >= 11 is 0. The third-order valence-corrected chi connectivity index (χ3v) is 5.68. The minimum atomic E-state index is -0.623. The summed E-state index contributed by atoms with van der Waals surface area (Å²) in [5.74, 6) is 0.939. The molecule has 4 aliphatic heterocycles. The van der Waals surface area contributed by atoms with Gasteiger partial charge in [-0.3, -0.25) is 0 Å². The van der Waals surface area contributed by atoms with Crippen molar-refractivity contribution >= 4 is 0 Å². The highest BCUT2D eigenvalue weighted by Crippen LogP contribution is 2.60. The van der Waals surface area contributed by atoms with Gasteiger partial charge in [-0.1, -0.05) is 6.92 Å². The number of hydrogen-bond donors (Lipinski definition) is 0. The van der Waals surface area contributed by atoms with Crippen molar-refractivity contribution in [3.8, 4) is 0 Å². The van der Waals surface area contributed by atoms with Gasteiger partial charge >= 0.3 is 0 Å². The Bertz CT molecular complexity index is 373. The molecule has 1 saturated carbocycles. The fraction of sp³-hybridized carbons (Fsp3) is 1.00. The smallest absolute Gasteiger partial charge is 0.201 e. The van der Waals surface area contributed by atoms with E-state index in [1.165, 1.54) is 6.42 Å². The topological polar surface area (TPSA) is 36.9 Å². The third kappa shape index (κ3) is 1.25. The van der Waals surface area contributed by atoms with Gasteiger partial charge in [-0.15, -0.1) is 0 Å². The van der Waals surface area contributed by atoms with Crippen molar-refractivity contribution in [3.05, 3.63) is 0 Å². The summed E-state index contributed by atoms with van der Waals surface area (Å²) in [6.45, 7) is 6.44. The van der Waals surface area contributed by atoms with Crippen LogP contribution in [0.25, 0.3) is 0 Å². The monoisotopic (exact) mass is 254 g/mol. The van der Waals surface area contributed by atoms with Crippen LogP contribution in [0.2, 0.25) is 0 Å². The molecule has 4 heteroatoms. The average molecular weight is 254 g/mol. The van der Waals surface area contributed by atoms with Crippen molar-refractivity contribution in [1.29, 1.82) is 0 Å². The first-order chi connectivity index (χ1) is 8.55.